The average Bonchev–Trinajstić information content (AvgIpc) is 3.23. The molecule has 0 bridgehead atoms. The molecule has 2 heterocycles. The molecule has 0 unspecified atom stereocenters. The first-order valence-corrected chi connectivity index (χ1v) is 8.16. The Morgan fingerprint density at radius 3 is 3.05 bits per heavy atom. The van der Waals surface area contributed by atoms with E-state index in [2.05, 4.69) is 10.3 Å². The molecule has 0 aromatic carbocycles. The zero-order valence-electron chi connectivity index (χ0n) is 12.1. The van der Waals surface area contributed by atoms with Crippen molar-refractivity contribution < 1.29 is 4.79 Å². The number of nitrogens with zero attached hydrogens (tertiary/aromatic N) is 2. The molecular weight excluding hydrogens is 298 g/mol. The molecule has 1 fully saturated rings. The standard InChI is InChI=1S/C16H17N3O2S/c20-15(6-5-13-2-1-9-22-13)17-7-8-19-11-18-14(10-16(19)21)12-3-4-12/h1-2,5-6,9-12H,3-4,7-8H2,(H,17,20)/b6-5+. The SMILES string of the molecule is O=C(/C=C/c1cccs1)NCCn1cnc(C2CC2)cc1=O. The fraction of sp³-hybridized carbons (Fsp3) is 0.312. The summed E-state index contributed by atoms with van der Waals surface area (Å²) in [4.78, 5) is 28.9. The molecule has 114 valence electrons. The van der Waals surface area contributed by atoms with E-state index in [0.717, 1.165) is 23.4 Å². The van der Waals surface area contributed by atoms with E-state index in [1.165, 1.54) is 10.6 Å². The van der Waals surface area contributed by atoms with E-state index in [1.54, 1.807) is 29.8 Å². The Hall–Kier alpha value is -2.21. The summed E-state index contributed by atoms with van der Waals surface area (Å²) in [5, 5.41) is 4.72. The van der Waals surface area contributed by atoms with Crippen LogP contribution in [0.4, 0.5) is 0 Å². The van der Waals surface area contributed by atoms with Crippen LogP contribution < -0.4 is 10.9 Å². The average molecular weight is 315 g/mol. The summed E-state index contributed by atoms with van der Waals surface area (Å²) in [6.45, 7) is 0.827. The molecule has 0 atom stereocenters. The van der Waals surface area contributed by atoms with Crippen LogP contribution in [0.1, 0.15) is 29.3 Å². The summed E-state index contributed by atoms with van der Waals surface area (Å²) in [6.07, 6.45) is 7.11. The minimum Gasteiger partial charge on any atom is -0.351 e. The Kier molecular flexibility index (Phi) is 4.48. The van der Waals surface area contributed by atoms with Gasteiger partial charge < -0.3 is 5.32 Å². The summed E-state index contributed by atoms with van der Waals surface area (Å²) in [7, 11) is 0. The third-order valence-corrected chi connectivity index (χ3v) is 4.33. The van der Waals surface area contributed by atoms with Crippen molar-refractivity contribution in [3.05, 3.63) is 56.9 Å². The molecule has 0 aliphatic heterocycles. The predicted molar refractivity (Wildman–Crippen MR) is 86.8 cm³/mol. The zero-order valence-corrected chi connectivity index (χ0v) is 12.9. The molecule has 22 heavy (non-hydrogen) atoms. The summed E-state index contributed by atoms with van der Waals surface area (Å²) in [6, 6.07) is 5.49. The molecule has 1 aliphatic rings. The molecule has 1 amide bonds. The number of nitrogens with one attached hydrogen (secondary N) is 1. The Labute approximate surface area is 132 Å². The van der Waals surface area contributed by atoms with Crippen molar-refractivity contribution in [1.82, 2.24) is 14.9 Å². The van der Waals surface area contributed by atoms with Gasteiger partial charge in [0, 0.05) is 36.0 Å². The Bertz CT molecular complexity index is 730. The largest absolute Gasteiger partial charge is 0.351 e. The van der Waals surface area contributed by atoms with Crippen LogP contribution in [-0.4, -0.2) is 22.0 Å². The summed E-state index contributed by atoms with van der Waals surface area (Å²) in [5.41, 5.74) is 0.837. The van der Waals surface area contributed by atoms with E-state index < -0.39 is 0 Å². The fourth-order valence-corrected chi connectivity index (χ4v) is 2.73. The van der Waals surface area contributed by atoms with Crippen molar-refractivity contribution >= 4 is 23.3 Å². The lowest BCUT2D eigenvalue weighted by Crippen LogP contribution is -2.30. The van der Waals surface area contributed by atoms with Crippen molar-refractivity contribution in [2.45, 2.75) is 25.3 Å². The minimum atomic E-state index is -0.163. The second-order valence-electron chi connectivity index (χ2n) is 5.26. The highest BCUT2D eigenvalue weighted by molar-refractivity contribution is 7.10. The Balaban J connectivity index is 1.48. The van der Waals surface area contributed by atoms with E-state index in [4.69, 9.17) is 0 Å². The molecule has 1 aliphatic carbocycles. The first kappa shape index (κ1) is 14.7. The highest BCUT2D eigenvalue weighted by Gasteiger charge is 2.25. The van der Waals surface area contributed by atoms with Crippen LogP contribution in [0.15, 0.2) is 40.8 Å². The molecular formula is C16H17N3O2S. The lowest BCUT2D eigenvalue weighted by Gasteiger charge is -2.06. The van der Waals surface area contributed by atoms with Crippen LogP contribution in [0.3, 0.4) is 0 Å². The molecule has 1 saturated carbocycles. The van der Waals surface area contributed by atoms with Gasteiger partial charge in [-0.15, -0.1) is 11.3 Å². The number of aromatic nitrogens is 2. The number of carbonyl (C=O) groups is 1. The van der Waals surface area contributed by atoms with Gasteiger partial charge in [0.2, 0.25) is 5.91 Å². The highest BCUT2D eigenvalue weighted by atomic mass is 32.1. The predicted octanol–water partition coefficient (Wildman–Crippen LogP) is 2.01. The van der Waals surface area contributed by atoms with E-state index in [-0.39, 0.29) is 11.5 Å². The van der Waals surface area contributed by atoms with Gasteiger partial charge in [0.05, 0.1) is 12.0 Å². The Morgan fingerprint density at radius 2 is 2.36 bits per heavy atom. The van der Waals surface area contributed by atoms with Gasteiger partial charge in [-0.2, -0.15) is 0 Å². The van der Waals surface area contributed by atoms with Gasteiger partial charge in [-0.3, -0.25) is 14.2 Å². The van der Waals surface area contributed by atoms with Crippen molar-refractivity contribution in [2.24, 2.45) is 0 Å². The molecule has 2 aromatic heterocycles. The molecule has 0 spiro atoms. The Morgan fingerprint density at radius 1 is 1.50 bits per heavy atom. The second kappa shape index (κ2) is 6.70. The number of rotatable bonds is 6. The maximum absolute atomic E-state index is 11.9. The normalized spacial score (nSPS) is 14.4. The van der Waals surface area contributed by atoms with Gasteiger partial charge in [0.25, 0.3) is 5.56 Å². The van der Waals surface area contributed by atoms with Gasteiger partial charge in [0.1, 0.15) is 0 Å². The van der Waals surface area contributed by atoms with Gasteiger partial charge in [-0.1, -0.05) is 6.07 Å². The van der Waals surface area contributed by atoms with Gasteiger partial charge in [0.15, 0.2) is 0 Å². The van der Waals surface area contributed by atoms with Gasteiger partial charge >= 0.3 is 0 Å². The summed E-state index contributed by atoms with van der Waals surface area (Å²) in [5.74, 6) is 0.313. The molecule has 0 radical (unpaired) electrons. The highest BCUT2D eigenvalue weighted by Crippen LogP contribution is 2.38. The quantitative estimate of drug-likeness (QED) is 0.829. The lowest BCUT2D eigenvalue weighted by molar-refractivity contribution is -0.116. The van der Waals surface area contributed by atoms with E-state index >= 15 is 0 Å². The number of carbonyl (C=O) groups excluding carboxylic acids is 1. The van der Waals surface area contributed by atoms with Crippen LogP contribution in [0.2, 0.25) is 0 Å². The molecule has 1 N–H and O–H groups in total. The molecule has 2 aromatic rings. The topological polar surface area (TPSA) is 64.0 Å². The van der Waals surface area contributed by atoms with Gasteiger partial charge in [-0.05, 0) is 30.4 Å². The molecule has 3 rings (SSSR count). The lowest BCUT2D eigenvalue weighted by atomic mass is 10.3. The van der Waals surface area contributed by atoms with Crippen LogP contribution in [-0.2, 0) is 11.3 Å². The summed E-state index contributed by atoms with van der Waals surface area (Å²) >= 11 is 1.58. The monoisotopic (exact) mass is 315 g/mol. The molecule has 0 saturated heterocycles. The zero-order chi connectivity index (χ0) is 15.4. The smallest absolute Gasteiger partial charge is 0.253 e. The second-order valence-corrected chi connectivity index (χ2v) is 6.24. The van der Waals surface area contributed by atoms with Crippen molar-refractivity contribution in [2.75, 3.05) is 6.54 Å². The number of hydrogen-bond donors (Lipinski definition) is 1. The van der Waals surface area contributed by atoms with Crippen LogP contribution in [0.25, 0.3) is 6.08 Å². The maximum Gasteiger partial charge on any atom is 0.253 e. The fourth-order valence-electron chi connectivity index (χ4n) is 2.11. The number of thiophene rings is 1. The molecule has 6 heteroatoms. The third kappa shape index (κ3) is 3.92. The van der Waals surface area contributed by atoms with Gasteiger partial charge in [-0.25, -0.2) is 4.98 Å². The van der Waals surface area contributed by atoms with E-state index in [0.29, 0.717) is 19.0 Å². The van der Waals surface area contributed by atoms with Crippen molar-refractivity contribution in [1.29, 1.82) is 0 Å². The summed E-state index contributed by atoms with van der Waals surface area (Å²) < 4.78 is 1.52. The van der Waals surface area contributed by atoms with Crippen molar-refractivity contribution in [3.63, 3.8) is 0 Å². The third-order valence-electron chi connectivity index (χ3n) is 3.49. The minimum absolute atomic E-state index is 0.0553. The number of hydrogen-bond acceptors (Lipinski definition) is 4. The first-order chi connectivity index (χ1) is 10.7. The van der Waals surface area contributed by atoms with Crippen LogP contribution in [0.5, 0.6) is 0 Å². The van der Waals surface area contributed by atoms with Crippen LogP contribution in [0, 0.1) is 0 Å². The maximum atomic E-state index is 11.9. The number of amides is 1. The molecule has 5 nitrogen and oxygen atoms in total. The first-order valence-electron chi connectivity index (χ1n) is 7.28. The van der Waals surface area contributed by atoms with E-state index in [1.807, 2.05) is 17.5 Å². The van der Waals surface area contributed by atoms with Crippen LogP contribution >= 0.6 is 11.3 Å². The van der Waals surface area contributed by atoms with E-state index in [9.17, 15) is 9.59 Å². The van der Waals surface area contributed by atoms with Crippen molar-refractivity contribution in [3.8, 4) is 0 Å².